The first kappa shape index (κ1) is 11.7. The molecule has 0 aliphatic rings. The number of amides is 1. The first-order valence-electron chi connectivity index (χ1n) is 4.29. The lowest BCUT2D eigenvalue weighted by molar-refractivity contribution is 0.0648. The number of rotatable bonds is 6. The molecule has 16 heavy (non-hydrogen) atoms. The molecule has 0 aromatic carbocycles. The molecule has 1 rings (SSSR count). The molecule has 0 radical (unpaired) electrons. The molecule has 1 amide bonds. The van der Waals surface area contributed by atoms with Gasteiger partial charge in [0.2, 0.25) is 0 Å². The van der Waals surface area contributed by atoms with E-state index >= 15 is 0 Å². The highest BCUT2D eigenvalue weighted by Gasteiger charge is 2.16. The quantitative estimate of drug-likeness (QED) is 0.406. The SMILES string of the molecule is O=NOCCN(N=O)C(=O)c1cccnc1. The highest BCUT2D eigenvalue weighted by molar-refractivity contribution is 5.93. The van der Waals surface area contributed by atoms with Crippen molar-refractivity contribution in [1.82, 2.24) is 9.99 Å². The Morgan fingerprint density at radius 1 is 1.50 bits per heavy atom. The Morgan fingerprint density at radius 3 is 2.88 bits per heavy atom. The van der Waals surface area contributed by atoms with Crippen LogP contribution in [0, 0.1) is 9.81 Å². The van der Waals surface area contributed by atoms with Gasteiger partial charge in [-0.25, -0.2) is 0 Å². The van der Waals surface area contributed by atoms with Crippen molar-refractivity contribution in [1.29, 1.82) is 0 Å². The summed E-state index contributed by atoms with van der Waals surface area (Å²) in [6.07, 6.45) is 2.80. The molecular formula is C8H8N4O4. The zero-order chi connectivity index (χ0) is 11.8. The molecule has 8 nitrogen and oxygen atoms in total. The molecule has 1 heterocycles. The topological polar surface area (TPSA) is 101 Å². The monoisotopic (exact) mass is 224 g/mol. The van der Waals surface area contributed by atoms with Gasteiger partial charge in [0.15, 0.2) is 5.34 Å². The van der Waals surface area contributed by atoms with Crippen molar-refractivity contribution in [2.75, 3.05) is 13.2 Å². The highest BCUT2D eigenvalue weighted by Crippen LogP contribution is 2.03. The van der Waals surface area contributed by atoms with Crippen molar-refractivity contribution in [3.8, 4) is 0 Å². The van der Waals surface area contributed by atoms with Crippen molar-refractivity contribution >= 4 is 5.91 Å². The maximum Gasteiger partial charge on any atom is 0.278 e. The minimum Gasteiger partial charge on any atom is -0.362 e. The van der Waals surface area contributed by atoms with Crippen LogP contribution in [0.5, 0.6) is 0 Å². The van der Waals surface area contributed by atoms with Gasteiger partial charge in [-0.05, 0) is 12.1 Å². The molecule has 0 saturated carbocycles. The van der Waals surface area contributed by atoms with Gasteiger partial charge in [0.05, 0.1) is 17.4 Å². The number of hydrogen-bond donors (Lipinski definition) is 0. The van der Waals surface area contributed by atoms with Crippen LogP contribution in [0.2, 0.25) is 0 Å². The molecule has 0 fully saturated rings. The second-order valence-electron chi connectivity index (χ2n) is 2.66. The Balaban J connectivity index is 2.63. The minimum atomic E-state index is -0.613. The maximum atomic E-state index is 11.6. The van der Waals surface area contributed by atoms with Crippen LogP contribution in [0.25, 0.3) is 0 Å². The second-order valence-corrected chi connectivity index (χ2v) is 2.66. The Labute approximate surface area is 90.1 Å². The van der Waals surface area contributed by atoms with Gasteiger partial charge in [0.1, 0.15) is 6.61 Å². The normalized spacial score (nSPS) is 9.25. The predicted octanol–water partition coefficient (Wildman–Crippen LogP) is 0.903. The lowest BCUT2D eigenvalue weighted by Gasteiger charge is -2.11. The van der Waals surface area contributed by atoms with E-state index < -0.39 is 5.91 Å². The summed E-state index contributed by atoms with van der Waals surface area (Å²) in [6.45, 7) is -0.343. The van der Waals surface area contributed by atoms with E-state index in [1.54, 1.807) is 6.07 Å². The number of hydrogen-bond acceptors (Lipinski definition) is 7. The summed E-state index contributed by atoms with van der Waals surface area (Å²) >= 11 is 0. The van der Waals surface area contributed by atoms with Crippen molar-refractivity contribution < 1.29 is 9.63 Å². The molecule has 0 bridgehead atoms. The fourth-order valence-electron chi connectivity index (χ4n) is 0.982. The van der Waals surface area contributed by atoms with E-state index in [1.807, 2.05) is 0 Å². The third-order valence-electron chi connectivity index (χ3n) is 1.69. The predicted molar refractivity (Wildman–Crippen MR) is 52.8 cm³/mol. The lowest BCUT2D eigenvalue weighted by atomic mass is 10.2. The van der Waals surface area contributed by atoms with Crippen LogP contribution in [-0.4, -0.2) is 29.1 Å². The van der Waals surface area contributed by atoms with E-state index in [1.165, 1.54) is 18.5 Å². The van der Waals surface area contributed by atoms with Crippen molar-refractivity contribution in [2.24, 2.45) is 10.6 Å². The number of nitrogens with zero attached hydrogens (tertiary/aromatic N) is 4. The number of aromatic nitrogens is 1. The Hall–Kier alpha value is -2.38. The standard InChI is InChI=1S/C8H8N4O4/c13-8(7-2-1-3-9-6-7)12(10-14)4-5-16-11-15/h1-3,6H,4-5H2. The fourth-order valence-corrected chi connectivity index (χ4v) is 0.982. The zero-order valence-corrected chi connectivity index (χ0v) is 8.15. The van der Waals surface area contributed by atoms with Gasteiger partial charge in [-0.3, -0.25) is 9.78 Å². The second kappa shape index (κ2) is 6.17. The lowest BCUT2D eigenvalue weighted by Crippen LogP contribution is -2.28. The van der Waals surface area contributed by atoms with Crippen LogP contribution in [0.3, 0.4) is 0 Å². The van der Waals surface area contributed by atoms with Gasteiger partial charge in [-0.15, -0.1) is 9.81 Å². The summed E-state index contributed by atoms with van der Waals surface area (Å²) < 4.78 is 0. The third-order valence-corrected chi connectivity index (χ3v) is 1.69. The van der Waals surface area contributed by atoms with E-state index in [4.69, 9.17) is 0 Å². The van der Waals surface area contributed by atoms with Crippen molar-refractivity contribution in [2.45, 2.75) is 0 Å². The fraction of sp³-hybridized carbons (Fsp3) is 0.250. The molecule has 84 valence electrons. The smallest absolute Gasteiger partial charge is 0.278 e. The number of carbonyl (C=O) groups is 1. The van der Waals surface area contributed by atoms with Gasteiger partial charge < -0.3 is 4.84 Å². The molecule has 0 aliphatic carbocycles. The van der Waals surface area contributed by atoms with Gasteiger partial charge in [0.25, 0.3) is 5.91 Å². The van der Waals surface area contributed by atoms with E-state index in [2.05, 4.69) is 20.4 Å². The highest BCUT2D eigenvalue weighted by atomic mass is 16.7. The summed E-state index contributed by atoms with van der Waals surface area (Å²) in [5.74, 6) is -0.613. The van der Waals surface area contributed by atoms with Crippen molar-refractivity contribution in [3.05, 3.63) is 39.9 Å². The van der Waals surface area contributed by atoms with Gasteiger partial charge >= 0.3 is 0 Å². The molecule has 0 atom stereocenters. The third kappa shape index (κ3) is 3.08. The maximum absolute atomic E-state index is 11.6. The average Bonchev–Trinajstić information content (AvgIpc) is 2.35. The molecule has 0 aliphatic heterocycles. The molecule has 0 unspecified atom stereocenters. The summed E-state index contributed by atoms with van der Waals surface area (Å²) in [5, 5.41) is 5.28. The molecule has 1 aromatic heterocycles. The number of pyridine rings is 1. The van der Waals surface area contributed by atoms with Crippen LogP contribution in [0.4, 0.5) is 0 Å². The zero-order valence-electron chi connectivity index (χ0n) is 8.15. The summed E-state index contributed by atoms with van der Waals surface area (Å²) in [6, 6.07) is 3.05. The van der Waals surface area contributed by atoms with Crippen LogP contribution >= 0.6 is 0 Å². The van der Waals surface area contributed by atoms with Gasteiger partial charge in [-0.1, -0.05) is 0 Å². The van der Waals surface area contributed by atoms with Crippen LogP contribution in [0.1, 0.15) is 10.4 Å². The molecule has 0 saturated heterocycles. The largest absolute Gasteiger partial charge is 0.362 e. The van der Waals surface area contributed by atoms with Crippen molar-refractivity contribution in [3.63, 3.8) is 0 Å². The first-order valence-corrected chi connectivity index (χ1v) is 4.29. The van der Waals surface area contributed by atoms with Crippen LogP contribution < -0.4 is 0 Å². The Morgan fingerprint density at radius 2 is 2.31 bits per heavy atom. The van der Waals surface area contributed by atoms with E-state index in [0.29, 0.717) is 5.01 Å². The molecule has 1 aromatic rings. The van der Waals surface area contributed by atoms with E-state index in [9.17, 15) is 14.6 Å². The van der Waals surface area contributed by atoms with Crippen LogP contribution in [-0.2, 0) is 4.84 Å². The molecule has 0 N–H and O–H groups in total. The number of nitroso groups, excluding NO2 is 1. The average molecular weight is 224 g/mol. The Kier molecular flexibility index (Phi) is 4.51. The Bertz CT molecular complexity index is 370. The molecule has 0 spiro atoms. The number of carbonyl (C=O) groups excluding carboxylic acids is 1. The van der Waals surface area contributed by atoms with E-state index in [-0.39, 0.29) is 18.7 Å². The minimum absolute atomic E-state index is 0.150. The summed E-state index contributed by atoms with van der Waals surface area (Å²) in [4.78, 5) is 39.4. The molecular weight excluding hydrogens is 216 g/mol. The summed E-state index contributed by atoms with van der Waals surface area (Å²) in [5.41, 5.74) is 0.223. The van der Waals surface area contributed by atoms with E-state index in [0.717, 1.165) is 0 Å². The van der Waals surface area contributed by atoms with Crippen LogP contribution in [0.15, 0.2) is 35.2 Å². The first-order chi connectivity index (χ1) is 7.79. The van der Waals surface area contributed by atoms with Gasteiger partial charge in [0, 0.05) is 12.4 Å². The summed E-state index contributed by atoms with van der Waals surface area (Å²) in [7, 11) is 0. The van der Waals surface area contributed by atoms with Gasteiger partial charge in [-0.2, -0.15) is 5.01 Å². The molecule has 8 heteroatoms.